The van der Waals surface area contributed by atoms with Crippen molar-refractivity contribution in [3.63, 3.8) is 0 Å². The van der Waals surface area contributed by atoms with Crippen LogP contribution in [0.2, 0.25) is 0 Å². The van der Waals surface area contributed by atoms with E-state index in [0.29, 0.717) is 18.1 Å². The summed E-state index contributed by atoms with van der Waals surface area (Å²) in [6.07, 6.45) is 3.27. The van der Waals surface area contributed by atoms with E-state index in [4.69, 9.17) is 5.11 Å². The number of aromatic nitrogens is 4. The predicted molar refractivity (Wildman–Crippen MR) is 56.2 cm³/mol. The van der Waals surface area contributed by atoms with E-state index in [-0.39, 0.29) is 6.61 Å². The highest BCUT2D eigenvalue weighted by molar-refractivity contribution is 5.71. The molecule has 0 fully saturated rings. The first-order valence-corrected chi connectivity index (χ1v) is 4.57. The molecule has 0 unspecified atom stereocenters. The lowest BCUT2D eigenvalue weighted by atomic mass is 10.5. The minimum absolute atomic E-state index is 0.0483. The Kier molecular flexibility index (Phi) is 2.64. The fourth-order valence-electron chi connectivity index (χ4n) is 1.23. The van der Waals surface area contributed by atoms with E-state index in [2.05, 4.69) is 25.7 Å². The Balaban J connectivity index is 2.35. The van der Waals surface area contributed by atoms with Gasteiger partial charge in [0.25, 0.3) is 0 Å². The first-order valence-electron chi connectivity index (χ1n) is 4.57. The van der Waals surface area contributed by atoms with Crippen LogP contribution in [0, 0.1) is 0 Å². The van der Waals surface area contributed by atoms with E-state index in [1.165, 1.54) is 0 Å². The van der Waals surface area contributed by atoms with Crippen molar-refractivity contribution in [3.8, 4) is 0 Å². The molecule has 2 heterocycles. The SMILES string of the molecule is CNn1cnc2cnc(NCCO)nc21. The van der Waals surface area contributed by atoms with Crippen LogP contribution in [0.25, 0.3) is 11.2 Å². The van der Waals surface area contributed by atoms with Crippen LogP contribution in [0.15, 0.2) is 12.5 Å². The van der Waals surface area contributed by atoms with Crippen LogP contribution in [0.1, 0.15) is 0 Å². The maximum Gasteiger partial charge on any atom is 0.224 e. The van der Waals surface area contributed by atoms with Crippen molar-refractivity contribution in [1.29, 1.82) is 0 Å². The van der Waals surface area contributed by atoms with Gasteiger partial charge in [0.2, 0.25) is 5.95 Å². The van der Waals surface area contributed by atoms with E-state index in [0.717, 1.165) is 5.52 Å². The van der Waals surface area contributed by atoms with Gasteiger partial charge in [-0.05, 0) is 0 Å². The van der Waals surface area contributed by atoms with Gasteiger partial charge in [-0.2, -0.15) is 4.98 Å². The third-order valence-electron chi connectivity index (χ3n) is 1.93. The molecule has 0 aliphatic carbocycles. The van der Waals surface area contributed by atoms with Crippen LogP contribution in [-0.4, -0.2) is 44.9 Å². The number of fused-ring (bicyclic) bond motifs is 1. The second kappa shape index (κ2) is 4.09. The van der Waals surface area contributed by atoms with Gasteiger partial charge in [0.15, 0.2) is 5.65 Å². The molecule has 0 saturated carbocycles. The molecular formula is C8H12N6O. The number of anilines is 1. The topological polar surface area (TPSA) is 87.9 Å². The summed E-state index contributed by atoms with van der Waals surface area (Å²) >= 11 is 0. The lowest BCUT2D eigenvalue weighted by molar-refractivity contribution is 0.311. The smallest absolute Gasteiger partial charge is 0.224 e. The number of imidazole rings is 1. The number of aliphatic hydroxyl groups is 1. The van der Waals surface area contributed by atoms with Gasteiger partial charge in [0.1, 0.15) is 11.8 Å². The molecule has 2 rings (SSSR count). The molecular weight excluding hydrogens is 196 g/mol. The normalized spacial score (nSPS) is 10.5. The molecule has 0 aromatic carbocycles. The number of rotatable bonds is 4. The zero-order chi connectivity index (χ0) is 10.7. The molecule has 0 aliphatic heterocycles. The van der Waals surface area contributed by atoms with Gasteiger partial charge in [-0.3, -0.25) is 0 Å². The van der Waals surface area contributed by atoms with Crippen molar-refractivity contribution in [2.45, 2.75) is 0 Å². The van der Waals surface area contributed by atoms with E-state index in [1.54, 1.807) is 24.2 Å². The van der Waals surface area contributed by atoms with E-state index < -0.39 is 0 Å². The van der Waals surface area contributed by atoms with Crippen LogP contribution in [0.3, 0.4) is 0 Å². The third-order valence-corrected chi connectivity index (χ3v) is 1.93. The molecule has 7 heteroatoms. The maximum atomic E-state index is 8.65. The van der Waals surface area contributed by atoms with Gasteiger partial charge in [-0.1, -0.05) is 0 Å². The zero-order valence-corrected chi connectivity index (χ0v) is 8.30. The predicted octanol–water partition coefficient (Wildman–Crippen LogP) is -0.596. The van der Waals surface area contributed by atoms with Crippen molar-refractivity contribution in [2.75, 3.05) is 30.9 Å². The third kappa shape index (κ3) is 1.82. The van der Waals surface area contributed by atoms with Crippen molar-refractivity contribution in [1.82, 2.24) is 19.6 Å². The molecule has 2 aromatic heterocycles. The lowest BCUT2D eigenvalue weighted by Gasteiger charge is -2.03. The summed E-state index contributed by atoms with van der Waals surface area (Å²) < 4.78 is 1.70. The molecule has 0 amide bonds. The Labute approximate surface area is 86.2 Å². The van der Waals surface area contributed by atoms with Crippen molar-refractivity contribution in [2.24, 2.45) is 0 Å². The molecule has 0 spiro atoms. The molecule has 0 saturated heterocycles. The van der Waals surface area contributed by atoms with Gasteiger partial charge in [0, 0.05) is 13.6 Å². The summed E-state index contributed by atoms with van der Waals surface area (Å²) in [6.45, 7) is 0.478. The quantitative estimate of drug-likeness (QED) is 0.622. The molecule has 3 N–H and O–H groups in total. The molecule has 0 bridgehead atoms. The highest BCUT2D eigenvalue weighted by Crippen LogP contribution is 2.09. The Hall–Kier alpha value is -1.89. The summed E-state index contributed by atoms with van der Waals surface area (Å²) in [5, 5.41) is 11.5. The fourth-order valence-corrected chi connectivity index (χ4v) is 1.23. The van der Waals surface area contributed by atoms with Crippen molar-refractivity contribution in [3.05, 3.63) is 12.5 Å². The van der Waals surface area contributed by atoms with Gasteiger partial charge in [-0.15, -0.1) is 0 Å². The molecule has 80 valence electrons. The molecule has 0 radical (unpaired) electrons. The number of hydrogen-bond acceptors (Lipinski definition) is 6. The molecule has 0 aliphatic rings. The Morgan fingerprint density at radius 1 is 1.47 bits per heavy atom. The van der Waals surface area contributed by atoms with Crippen LogP contribution in [0.4, 0.5) is 5.95 Å². The number of nitrogens with zero attached hydrogens (tertiary/aromatic N) is 4. The average Bonchev–Trinajstić information content (AvgIpc) is 2.68. The zero-order valence-electron chi connectivity index (χ0n) is 8.30. The standard InChI is InChI=1S/C8H12N6O/c1-9-14-5-12-6-4-11-8(10-2-3-15)13-7(6)14/h4-5,9,15H,2-3H2,1H3,(H,10,11,13). The van der Waals surface area contributed by atoms with E-state index >= 15 is 0 Å². The Bertz CT molecular complexity index is 453. The second-order valence-corrected chi connectivity index (χ2v) is 2.89. The summed E-state index contributed by atoms with van der Waals surface area (Å²) in [6, 6.07) is 0. The first kappa shape index (κ1) is 9.66. The summed E-state index contributed by atoms with van der Waals surface area (Å²) in [4.78, 5) is 12.4. The highest BCUT2D eigenvalue weighted by atomic mass is 16.3. The highest BCUT2D eigenvalue weighted by Gasteiger charge is 2.04. The molecule has 2 aromatic rings. The van der Waals surface area contributed by atoms with Gasteiger partial charge >= 0.3 is 0 Å². The van der Waals surface area contributed by atoms with Gasteiger partial charge in [0.05, 0.1) is 12.8 Å². The summed E-state index contributed by atoms with van der Waals surface area (Å²) in [5.41, 5.74) is 4.34. The molecule has 0 atom stereocenters. The lowest BCUT2D eigenvalue weighted by Crippen LogP contribution is -2.11. The fraction of sp³-hybridized carbons (Fsp3) is 0.375. The van der Waals surface area contributed by atoms with E-state index in [9.17, 15) is 0 Å². The summed E-state index contributed by atoms with van der Waals surface area (Å²) in [5.74, 6) is 0.480. The van der Waals surface area contributed by atoms with Crippen molar-refractivity contribution >= 4 is 17.1 Å². The Morgan fingerprint density at radius 3 is 3.07 bits per heavy atom. The van der Waals surface area contributed by atoms with Crippen LogP contribution in [-0.2, 0) is 0 Å². The average molecular weight is 208 g/mol. The van der Waals surface area contributed by atoms with Gasteiger partial charge < -0.3 is 15.8 Å². The Morgan fingerprint density at radius 2 is 2.33 bits per heavy atom. The van der Waals surface area contributed by atoms with Crippen molar-refractivity contribution < 1.29 is 5.11 Å². The van der Waals surface area contributed by atoms with Crippen LogP contribution in [0.5, 0.6) is 0 Å². The minimum atomic E-state index is 0.0483. The second-order valence-electron chi connectivity index (χ2n) is 2.89. The number of aliphatic hydroxyl groups excluding tert-OH is 1. The first-order chi connectivity index (χ1) is 7.35. The monoisotopic (exact) mass is 208 g/mol. The maximum absolute atomic E-state index is 8.65. The molecule has 15 heavy (non-hydrogen) atoms. The summed E-state index contributed by atoms with van der Waals surface area (Å²) in [7, 11) is 1.78. The number of hydrogen-bond donors (Lipinski definition) is 3. The van der Waals surface area contributed by atoms with Gasteiger partial charge in [-0.25, -0.2) is 14.6 Å². The van der Waals surface area contributed by atoms with E-state index in [1.807, 2.05) is 0 Å². The largest absolute Gasteiger partial charge is 0.395 e. The number of nitrogens with one attached hydrogen (secondary N) is 2. The van der Waals surface area contributed by atoms with Crippen LogP contribution < -0.4 is 10.7 Å². The molecule has 7 nitrogen and oxygen atoms in total. The minimum Gasteiger partial charge on any atom is -0.395 e. The van der Waals surface area contributed by atoms with Crippen LogP contribution >= 0.6 is 0 Å².